The number of hydrogen-bond acceptors (Lipinski definition) is 0. The van der Waals surface area contributed by atoms with Crippen LogP contribution in [0.4, 0.5) is 0 Å². The third kappa shape index (κ3) is 28.8. The normalized spacial score (nSPS) is 9.00. The molecule has 0 atom stereocenters. The maximum atomic E-state index is 4.95. The summed E-state index contributed by atoms with van der Waals surface area (Å²) in [6, 6.07) is 0. The zero-order chi connectivity index (χ0) is 3.58. The molecule has 2 N–H and O–H groups in total. The van der Waals surface area contributed by atoms with Gasteiger partial charge < -0.3 is 6.15 Å². The van der Waals surface area contributed by atoms with Crippen molar-refractivity contribution >= 4 is 27.6 Å². The molecule has 40 valence electrons. The first-order valence-electron chi connectivity index (χ1n) is 0.342. The molecule has 0 unspecified atom stereocenters. The molecule has 0 aromatic heterocycles. The third-order valence-electron chi connectivity index (χ3n) is 0. The molecule has 0 radical (unpaired) electrons. The molecule has 0 amide bonds. The second kappa shape index (κ2) is 5.57. The van der Waals surface area contributed by atoms with Gasteiger partial charge in [0.2, 0.25) is 0 Å². The van der Waals surface area contributed by atoms with E-state index in [1.807, 2.05) is 0 Å². The Kier molecular flexibility index (Phi) is 10.9. The van der Waals surface area contributed by atoms with E-state index in [1.54, 1.807) is 0 Å². The number of halogens is 3. The number of rotatable bonds is 0. The Morgan fingerprint density at radius 1 is 1.00 bits per heavy atom. The molecule has 0 aromatic rings. The molecule has 0 fully saturated rings. The fourth-order valence-corrected chi connectivity index (χ4v) is 0. The molecule has 0 bridgehead atoms. The average Bonchev–Trinajstić information content (AvgIpc) is 0.811. The minimum Gasteiger partial charge on any atom is -0.693 e. The first kappa shape index (κ1) is 9.76. The summed E-state index contributed by atoms with van der Waals surface area (Å²) in [4.78, 5) is 0. The van der Waals surface area contributed by atoms with Gasteiger partial charge in [-0.3, -0.25) is 0 Å². The first-order valence-corrected chi connectivity index (χ1v) is 8.40. The molecule has 0 saturated carbocycles. The van der Waals surface area contributed by atoms with Gasteiger partial charge in [-0.15, -0.1) is 0 Å². The van der Waals surface area contributed by atoms with Crippen LogP contribution in [0.5, 0.6) is 0 Å². The summed E-state index contributed by atoms with van der Waals surface area (Å²) >= 11 is -1.79. The number of nitrogens with two attached hydrogens (primary N) is 1. The van der Waals surface area contributed by atoms with Gasteiger partial charge in [0, 0.05) is 0 Å². The van der Waals surface area contributed by atoms with E-state index < -0.39 is 15.2 Å². The molecule has 0 aromatic carbocycles. The van der Waals surface area contributed by atoms with Gasteiger partial charge >= 0.3 is 42.8 Å². The topological polar surface area (TPSA) is 33.5 Å². The Hall–Kier alpha value is 1.57. The quantitative estimate of drug-likeness (QED) is 0.615. The molecule has 0 aliphatic rings. The zero-order valence-corrected chi connectivity index (χ0v) is 6.45. The second-order valence-corrected chi connectivity index (χ2v) is 9.52. The van der Waals surface area contributed by atoms with E-state index in [0.29, 0.717) is 0 Å². The van der Waals surface area contributed by atoms with Crippen LogP contribution in [0.15, 0.2) is 0 Å². The van der Waals surface area contributed by atoms with Gasteiger partial charge in [-0.05, 0) is 0 Å². The van der Waals surface area contributed by atoms with E-state index >= 15 is 0 Å². The molecule has 0 saturated heterocycles. The zero-order valence-electron chi connectivity index (χ0n) is 2.01. The Labute approximate surface area is 48.8 Å². The van der Waals surface area contributed by atoms with E-state index in [4.69, 9.17) is 27.6 Å². The molecule has 0 rings (SSSR count). The SMILES string of the molecule is [Cl][Au]([Cl])[Cl].[NH2-]. The molecular weight excluding hydrogens is 317 g/mol. The Bertz CT molecular complexity index is 11.6. The van der Waals surface area contributed by atoms with Crippen molar-refractivity contribution in [2.45, 2.75) is 0 Å². The Balaban J connectivity index is 0. The van der Waals surface area contributed by atoms with Gasteiger partial charge in [-0.2, -0.15) is 0 Å². The second-order valence-electron chi connectivity index (χ2n) is 0.129. The third-order valence-corrected chi connectivity index (χ3v) is 0. The minimum absolute atomic E-state index is 0. The minimum atomic E-state index is -1.79. The summed E-state index contributed by atoms with van der Waals surface area (Å²) < 4.78 is 0. The van der Waals surface area contributed by atoms with Gasteiger partial charge in [-0.1, -0.05) is 0 Å². The monoisotopic (exact) mass is 318 g/mol. The molecule has 5 heavy (non-hydrogen) atoms. The van der Waals surface area contributed by atoms with Crippen LogP contribution in [0.25, 0.3) is 6.15 Å². The number of hydrogen-bond donors (Lipinski definition) is 0. The van der Waals surface area contributed by atoms with Gasteiger partial charge in [0.1, 0.15) is 0 Å². The summed E-state index contributed by atoms with van der Waals surface area (Å²) in [6.07, 6.45) is 0. The average molecular weight is 319 g/mol. The van der Waals surface area contributed by atoms with Crippen LogP contribution in [-0.4, -0.2) is 0 Å². The molecule has 0 heterocycles. The van der Waals surface area contributed by atoms with Crippen molar-refractivity contribution in [2.24, 2.45) is 0 Å². The maximum Gasteiger partial charge on any atom is -0.693 e. The maximum absolute atomic E-state index is 4.95. The van der Waals surface area contributed by atoms with Gasteiger partial charge in [0.05, 0.1) is 0 Å². The van der Waals surface area contributed by atoms with Crippen molar-refractivity contribution in [3.8, 4) is 0 Å². The summed E-state index contributed by atoms with van der Waals surface area (Å²) in [5, 5.41) is 0. The van der Waals surface area contributed by atoms with E-state index in [0.717, 1.165) is 0 Å². The van der Waals surface area contributed by atoms with E-state index in [9.17, 15) is 0 Å². The van der Waals surface area contributed by atoms with Gasteiger partial charge in [0.15, 0.2) is 0 Å². The van der Waals surface area contributed by atoms with Crippen molar-refractivity contribution in [1.82, 2.24) is 0 Å². The van der Waals surface area contributed by atoms with E-state index in [1.165, 1.54) is 0 Å². The van der Waals surface area contributed by atoms with Crippen molar-refractivity contribution in [2.75, 3.05) is 0 Å². The standard InChI is InChI=1S/Au.3ClH.H2N/h;3*1H;1H2/q+3;;;;-1/p-3. The van der Waals surface area contributed by atoms with Crippen molar-refractivity contribution in [1.29, 1.82) is 0 Å². The van der Waals surface area contributed by atoms with Crippen LogP contribution >= 0.6 is 27.6 Å². The molecule has 0 spiro atoms. The predicted octanol–water partition coefficient (Wildman–Crippen LogP) is 2.78. The fraction of sp³-hybridized carbons (Fsp3) is 0. The predicted molar refractivity (Wildman–Crippen MR) is 22.8 cm³/mol. The molecule has 5 heteroatoms. The van der Waals surface area contributed by atoms with Crippen molar-refractivity contribution < 1.29 is 15.2 Å². The summed E-state index contributed by atoms with van der Waals surface area (Å²) in [5.74, 6) is 0. The molecule has 0 aliphatic heterocycles. The largest absolute Gasteiger partial charge is 0.693 e. The van der Waals surface area contributed by atoms with E-state index in [2.05, 4.69) is 0 Å². The smallest absolute Gasteiger partial charge is 0.693 e. The van der Waals surface area contributed by atoms with Crippen LogP contribution in [0.3, 0.4) is 0 Å². The van der Waals surface area contributed by atoms with Gasteiger partial charge in [0.25, 0.3) is 0 Å². The Morgan fingerprint density at radius 3 is 1.00 bits per heavy atom. The summed E-state index contributed by atoms with van der Waals surface area (Å²) in [6.45, 7) is 0. The molecule has 0 aliphatic carbocycles. The van der Waals surface area contributed by atoms with Crippen LogP contribution < -0.4 is 0 Å². The van der Waals surface area contributed by atoms with E-state index in [-0.39, 0.29) is 6.15 Å². The Morgan fingerprint density at radius 2 is 1.00 bits per heavy atom. The summed E-state index contributed by atoms with van der Waals surface area (Å²) in [5.41, 5.74) is 0. The summed E-state index contributed by atoms with van der Waals surface area (Å²) in [7, 11) is 14.9. The van der Waals surface area contributed by atoms with Gasteiger partial charge in [-0.25, -0.2) is 0 Å². The van der Waals surface area contributed by atoms with Crippen LogP contribution in [0.2, 0.25) is 0 Å². The molecule has 1 nitrogen and oxygen atoms in total. The molecular formula is H2AuCl3N-. The van der Waals surface area contributed by atoms with Crippen LogP contribution in [0.1, 0.15) is 0 Å². The van der Waals surface area contributed by atoms with Crippen molar-refractivity contribution in [3.05, 3.63) is 6.15 Å². The van der Waals surface area contributed by atoms with Crippen molar-refractivity contribution in [3.63, 3.8) is 0 Å². The fourth-order valence-electron chi connectivity index (χ4n) is 0. The first-order chi connectivity index (χ1) is 1.73. The van der Waals surface area contributed by atoms with Crippen LogP contribution in [0, 0.1) is 0 Å². The van der Waals surface area contributed by atoms with Crippen LogP contribution in [-0.2, 0) is 15.2 Å².